The highest BCUT2D eigenvalue weighted by molar-refractivity contribution is 6.02. The number of nitrogens with one attached hydrogen (secondary N) is 1. The Morgan fingerprint density at radius 3 is 2.46 bits per heavy atom. The lowest BCUT2D eigenvalue weighted by Gasteiger charge is -2.11. The van der Waals surface area contributed by atoms with E-state index < -0.39 is 29.8 Å². The average Bonchev–Trinajstić information content (AvgIpc) is 2.58. The predicted octanol–water partition coefficient (Wildman–Crippen LogP) is 4.62. The minimum Gasteiger partial charge on any atom is -0.490 e. The molecule has 0 fully saturated rings. The molecule has 138 valence electrons. The zero-order valence-corrected chi connectivity index (χ0v) is 13.6. The first-order valence-electron chi connectivity index (χ1n) is 7.55. The minimum atomic E-state index is -3.00. The maximum atomic E-state index is 13.5. The van der Waals surface area contributed by atoms with Crippen molar-refractivity contribution in [2.45, 2.75) is 13.5 Å². The lowest BCUT2D eigenvalue weighted by atomic mass is 10.2. The van der Waals surface area contributed by atoms with Crippen LogP contribution >= 0.6 is 0 Å². The molecule has 1 N–H and O–H groups in total. The van der Waals surface area contributed by atoms with Gasteiger partial charge in [0.1, 0.15) is 17.3 Å². The van der Waals surface area contributed by atoms with Crippen molar-refractivity contribution >= 4 is 17.7 Å². The summed E-state index contributed by atoms with van der Waals surface area (Å²) < 4.78 is 61.3. The summed E-state index contributed by atoms with van der Waals surface area (Å²) in [5, 5.41) is 2.10. The van der Waals surface area contributed by atoms with E-state index in [-0.39, 0.29) is 18.1 Å². The standard InChI is InChI=1S/C18H15F4NO3/c1-2-25-15-10-11(6-8-14(15)26-18(21)22)7-9-16(24)23-17-12(19)4-3-5-13(17)20/h3-10,18H,2H2,1H3,(H,23,24)/b9-7+. The Morgan fingerprint density at radius 1 is 1.15 bits per heavy atom. The maximum absolute atomic E-state index is 13.5. The molecule has 0 saturated carbocycles. The van der Waals surface area contributed by atoms with E-state index in [9.17, 15) is 22.4 Å². The molecule has 0 spiro atoms. The van der Waals surface area contributed by atoms with Crippen molar-refractivity contribution in [2.75, 3.05) is 11.9 Å². The number of ether oxygens (including phenoxy) is 2. The van der Waals surface area contributed by atoms with Crippen LogP contribution in [0.3, 0.4) is 0 Å². The van der Waals surface area contributed by atoms with Crippen molar-refractivity contribution in [3.05, 3.63) is 59.7 Å². The number of hydrogen-bond donors (Lipinski definition) is 1. The smallest absolute Gasteiger partial charge is 0.387 e. The summed E-state index contributed by atoms with van der Waals surface area (Å²) in [6.45, 7) is -1.11. The summed E-state index contributed by atoms with van der Waals surface area (Å²) in [4.78, 5) is 11.8. The van der Waals surface area contributed by atoms with Gasteiger partial charge in [0.15, 0.2) is 11.5 Å². The Kier molecular flexibility index (Phi) is 6.60. The van der Waals surface area contributed by atoms with Gasteiger partial charge >= 0.3 is 6.61 Å². The van der Waals surface area contributed by atoms with E-state index in [0.717, 1.165) is 18.2 Å². The lowest BCUT2D eigenvalue weighted by Crippen LogP contribution is -2.10. The number of anilines is 1. The van der Waals surface area contributed by atoms with E-state index in [1.165, 1.54) is 30.3 Å². The second kappa shape index (κ2) is 8.89. The minimum absolute atomic E-state index is 0.0792. The third kappa shape index (κ3) is 5.23. The SMILES string of the molecule is CCOc1cc(/C=C/C(=O)Nc2c(F)cccc2F)ccc1OC(F)F. The summed E-state index contributed by atoms with van der Waals surface area (Å²) in [6, 6.07) is 7.29. The Hall–Kier alpha value is -3.03. The first kappa shape index (κ1) is 19.3. The Balaban J connectivity index is 2.14. The van der Waals surface area contributed by atoms with Gasteiger partial charge < -0.3 is 14.8 Å². The molecule has 2 aromatic rings. The van der Waals surface area contributed by atoms with Crippen LogP contribution in [-0.2, 0) is 4.79 Å². The largest absolute Gasteiger partial charge is 0.490 e. The monoisotopic (exact) mass is 369 g/mol. The van der Waals surface area contributed by atoms with Gasteiger partial charge in [0.25, 0.3) is 0 Å². The van der Waals surface area contributed by atoms with Crippen LogP contribution in [0.5, 0.6) is 11.5 Å². The van der Waals surface area contributed by atoms with Crippen LogP contribution in [0.15, 0.2) is 42.5 Å². The highest BCUT2D eigenvalue weighted by Gasteiger charge is 2.12. The highest BCUT2D eigenvalue weighted by Crippen LogP contribution is 2.30. The normalized spacial score (nSPS) is 11.0. The average molecular weight is 369 g/mol. The molecule has 0 aliphatic carbocycles. The number of para-hydroxylation sites is 1. The molecule has 26 heavy (non-hydrogen) atoms. The number of benzene rings is 2. The summed E-state index contributed by atoms with van der Waals surface area (Å²) in [5.74, 6) is -2.63. The predicted molar refractivity (Wildman–Crippen MR) is 88.3 cm³/mol. The number of carbonyl (C=O) groups excluding carboxylic acids is 1. The summed E-state index contributed by atoms with van der Waals surface area (Å²) in [5.41, 5.74) is -0.114. The first-order chi connectivity index (χ1) is 12.4. The Bertz CT molecular complexity index is 789. The summed E-state index contributed by atoms with van der Waals surface area (Å²) >= 11 is 0. The second-order valence-electron chi connectivity index (χ2n) is 4.94. The third-order valence-corrected chi connectivity index (χ3v) is 3.12. The van der Waals surface area contributed by atoms with Crippen molar-refractivity contribution in [1.82, 2.24) is 0 Å². The van der Waals surface area contributed by atoms with Gasteiger partial charge in [0.05, 0.1) is 6.61 Å². The number of hydrogen-bond acceptors (Lipinski definition) is 3. The van der Waals surface area contributed by atoms with Gasteiger partial charge in [0.2, 0.25) is 5.91 Å². The third-order valence-electron chi connectivity index (χ3n) is 3.12. The molecule has 1 amide bonds. The van der Waals surface area contributed by atoms with Gasteiger partial charge in [-0.25, -0.2) is 8.78 Å². The Morgan fingerprint density at radius 2 is 1.85 bits per heavy atom. The molecule has 0 unspecified atom stereocenters. The molecule has 0 radical (unpaired) electrons. The van der Waals surface area contributed by atoms with Crippen molar-refractivity contribution in [3.63, 3.8) is 0 Å². The lowest BCUT2D eigenvalue weighted by molar-refractivity contribution is -0.111. The zero-order chi connectivity index (χ0) is 19.1. The summed E-state index contributed by atoms with van der Waals surface area (Å²) in [6.07, 6.45) is 2.38. The van der Waals surface area contributed by atoms with Gasteiger partial charge in [-0.2, -0.15) is 8.78 Å². The molecule has 0 aliphatic rings. The van der Waals surface area contributed by atoms with Gasteiger partial charge in [-0.05, 0) is 42.8 Å². The highest BCUT2D eigenvalue weighted by atomic mass is 19.3. The van der Waals surface area contributed by atoms with E-state index in [0.29, 0.717) is 5.56 Å². The molecule has 0 aromatic heterocycles. The molecule has 8 heteroatoms. The Labute approximate surface area is 147 Å². The van der Waals surface area contributed by atoms with E-state index in [1.807, 2.05) is 0 Å². The molecule has 0 aliphatic heterocycles. The molecule has 0 bridgehead atoms. The number of carbonyl (C=O) groups is 1. The second-order valence-corrected chi connectivity index (χ2v) is 4.94. The molecule has 2 aromatic carbocycles. The van der Waals surface area contributed by atoms with Crippen LogP contribution in [-0.4, -0.2) is 19.1 Å². The summed E-state index contributed by atoms with van der Waals surface area (Å²) in [7, 11) is 0. The number of rotatable bonds is 7. The molecule has 4 nitrogen and oxygen atoms in total. The number of alkyl halides is 2. The van der Waals surface area contributed by atoms with Crippen LogP contribution < -0.4 is 14.8 Å². The van der Waals surface area contributed by atoms with Gasteiger partial charge in [-0.1, -0.05) is 12.1 Å². The zero-order valence-electron chi connectivity index (χ0n) is 13.6. The maximum Gasteiger partial charge on any atom is 0.387 e. The van der Waals surface area contributed by atoms with Gasteiger partial charge in [-0.15, -0.1) is 0 Å². The number of amides is 1. The fourth-order valence-corrected chi connectivity index (χ4v) is 2.04. The van der Waals surface area contributed by atoms with Crippen molar-refractivity contribution < 1.29 is 31.8 Å². The molecular weight excluding hydrogens is 354 g/mol. The van der Waals surface area contributed by atoms with Crippen LogP contribution in [0, 0.1) is 11.6 Å². The molecule has 0 atom stereocenters. The fraction of sp³-hybridized carbons (Fsp3) is 0.167. The van der Waals surface area contributed by atoms with Crippen LogP contribution in [0.2, 0.25) is 0 Å². The van der Waals surface area contributed by atoms with Gasteiger partial charge in [-0.3, -0.25) is 4.79 Å². The quantitative estimate of drug-likeness (QED) is 0.572. The molecule has 0 saturated heterocycles. The number of halogens is 4. The topological polar surface area (TPSA) is 47.6 Å². The van der Waals surface area contributed by atoms with E-state index >= 15 is 0 Å². The van der Waals surface area contributed by atoms with Crippen LogP contribution in [0.25, 0.3) is 6.08 Å². The van der Waals surface area contributed by atoms with Crippen LogP contribution in [0.1, 0.15) is 12.5 Å². The fourth-order valence-electron chi connectivity index (χ4n) is 2.04. The van der Waals surface area contributed by atoms with Gasteiger partial charge in [0, 0.05) is 6.08 Å². The first-order valence-corrected chi connectivity index (χ1v) is 7.55. The molecule has 0 heterocycles. The van der Waals surface area contributed by atoms with E-state index in [4.69, 9.17) is 4.74 Å². The van der Waals surface area contributed by atoms with Crippen molar-refractivity contribution in [1.29, 1.82) is 0 Å². The molecular formula is C18H15F4NO3. The van der Waals surface area contributed by atoms with Crippen molar-refractivity contribution in [3.8, 4) is 11.5 Å². The van der Waals surface area contributed by atoms with E-state index in [2.05, 4.69) is 10.1 Å². The molecule has 2 rings (SSSR count). The van der Waals surface area contributed by atoms with E-state index in [1.54, 1.807) is 6.92 Å². The van der Waals surface area contributed by atoms with Crippen LogP contribution in [0.4, 0.5) is 23.2 Å². The van der Waals surface area contributed by atoms with Crippen molar-refractivity contribution in [2.24, 2.45) is 0 Å².